The molecule has 4 aromatic heterocycles. The Morgan fingerprint density at radius 1 is 1.10 bits per heavy atom. The first-order valence-electron chi connectivity index (χ1n) is 9.14. The predicted molar refractivity (Wildman–Crippen MR) is 130 cm³/mol. The van der Waals surface area contributed by atoms with Crippen molar-refractivity contribution >= 4 is 61.4 Å². The monoisotopic (exact) mass is 484 g/mol. The van der Waals surface area contributed by atoms with Gasteiger partial charge in [-0.3, -0.25) is 0 Å². The van der Waals surface area contributed by atoms with E-state index >= 15 is 0 Å². The molecule has 5 rings (SSSR count). The van der Waals surface area contributed by atoms with Crippen molar-refractivity contribution in [2.45, 2.75) is 6.54 Å². The first-order valence-corrected chi connectivity index (χ1v) is 11.5. The zero-order valence-electron chi connectivity index (χ0n) is 15.9. The van der Waals surface area contributed by atoms with E-state index in [1.165, 1.54) is 17.7 Å². The van der Waals surface area contributed by atoms with Crippen LogP contribution in [0.5, 0.6) is 0 Å². The normalized spacial score (nSPS) is 11.3. The molecule has 0 saturated carbocycles. The van der Waals surface area contributed by atoms with Crippen molar-refractivity contribution in [3.63, 3.8) is 0 Å². The van der Waals surface area contributed by atoms with E-state index in [9.17, 15) is 0 Å². The lowest BCUT2D eigenvalue weighted by atomic mass is 10.1. The number of halogens is 2. The van der Waals surface area contributed by atoms with Crippen LogP contribution in [0.3, 0.4) is 0 Å². The molecule has 0 unspecified atom stereocenters. The maximum absolute atomic E-state index is 6.58. The van der Waals surface area contributed by atoms with Crippen LogP contribution >= 0.6 is 45.9 Å². The second-order valence-electron chi connectivity index (χ2n) is 6.60. The van der Waals surface area contributed by atoms with E-state index in [-0.39, 0.29) is 0 Å². The third kappa shape index (κ3) is 3.61. The van der Waals surface area contributed by atoms with E-state index in [0.29, 0.717) is 27.2 Å². The molecule has 0 spiro atoms. The van der Waals surface area contributed by atoms with Crippen LogP contribution in [-0.2, 0) is 6.54 Å². The summed E-state index contributed by atoms with van der Waals surface area (Å²) in [5.41, 5.74) is 9.12. The number of benzene rings is 1. The average Bonchev–Trinajstić information content (AvgIpc) is 3.45. The highest BCUT2D eigenvalue weighted by atomic mass is 35.5. The first-order chi connectivity index (χ1) is 15.0. The number of thiophene rings is 1. The van der Waals surface area contributed by atoms with Gasteiger partial charge in [-0.25, -0.2) is 19.9 Å². The van der Waals surface area contributed by atoms with Crippen LogP contribution in [0.1, 0.15) is 0 Å². The van der Waals surface area contributed by atoms with Gasteiger partial charge in [0.05, 0.1) is 9.75 Å². The smallest absolute Gasteiger partial charge is 0.182 e. The fraction of sp³-hybridized carbons (Fsp3) is 0.0476. The number of nitrogen functional groups attached to an aromatic ring is 1. The van der Waals surface area contributed by atoms with Crippen LogP contribution < -0.4 is 5.73 Å². The van der Waals surface area contributed by atoms with Gasteiger partial charge in [0.25, 0.3) is 0 Å². The number of fused-ring (bicyclic) bond motifs is 1. The largest absolute Gasteiger partial charge is 0.375 e. The van der Waals surface area contributed by atoms with Crippen LogP contribution in [0.15, 0.2) is 55.6 Å². The first kappa shape index (κ1) is 20.1. The number of nitrogens with zero attached hydrogens (tertiary/aromatic N) is 5. The summed E-state index contributed by atoms with van der Waals surface area (Å²) in [4.78, 5) is 20.5. The topological polar surface area (TPSA) is 82.5 Å². The second-order valence-corrected chi connectivity index (χ2v) is 9.50. The maximum atomic E-state index is 6.58. The number of allylic oxidation sites excluding steroid dienone is 1. The molecule has 0 aliphatic rings. The summed E-state index contributed by atoms with van der Waals surface area (Å²) >= 11 is 15.6. The Morgan fingerprint density at radius 3 is 2.77 bits per heavy atom. The molecule has 0 fully saturated rings. The summed E-state index contributed by atoms with van der Waals surface area (Å²) in [5.74, 6) is 0.820. The number of hydrogen-bond donors (Lipinski definition) is 1. The van der Waals surface area contributed by atoms with Gasteiger partial charge in [0, 0.05) is 40.1 Å². The van der Waals surface area contributed by atoms with Gasteiger partial charge < -0.3 is 10.3 Å². The molecule has 0 saturated heterocycles. The molecule has 4 heterocycles. The van der Waals surface area contributed by atoms with Crippen LogP contribution in [0.2, 0.25) is 10.0 Å². The van der Waals surface area contributed by atoms with Gasteiger partial charge in [0.1, 0.15) is 22.4 Å². The number of rotatable bonds is 5. The lowest BCUT2D eigenvalue weighted by Crippen LogP contribution is -1.96. The number of nitrogens with two attached hydrogens (primary N) is 1. The summed E-state index contributed by atoms with van der Waals surface area (Å²) in [6, 6.07) is 7.53. The van der Waals surface area contributed by atoms with Gasteiger partial charge >= 0.3 is 0 Å². The quantitative estimate of drug-likeness (QED) is 0.291. The minimum Gasteiger partial charge on any atom is -0.375 e. The van der Waals surface area contributed by atoms with Gasteiger partial charge in [0.15, 0.2) is 11.0 Å². The fourth-order valence-electron chi connectivity index (χ4n) is 3.34. The van der Waals surface area contributed by atoms with Crippen LogP contribution in [0, 0.1) is 0 Å². The summed E-state index contributed by atoms with van der Waals surface area (Å²) in [6.07, 6.45) is 7.06. The molecule has 10 heteroatoms. The highest BCUT2D eigenvalue weighted by Gasteiger charge is 2.22. The number of anilines is 1. The van der Waals surface area contributed by atoms with Crippen LogP contribution in [-0.4, -0.2) is 24.5 Å². The Bertz CT molecular complexity index is 1440. The van der Waals surface area contributed by atoms with Crippen LogP contribution in [0.25, 0.3) is 42.7 Å². The molecular weight excluding hydrogens is 471 g/mol. The third-order valence-electron chi connectivity index (χ3n) is 4.64. The van der Waals surface area contributed by atoms with E-state index in [4.69, 9.17) is 28.9 Å². The van der Waals surface area contributed by atoms with E-state index in [1.807, 2.05) is 29.0 Å². The zero-order valence-corrected chi connectivity index (χ0v) is 19.1. The Hall–Kier alpha value is -2.78. The van der Waals surface area contributed by atoms with E-state index in [2.05, 4.69) is 32.6 Å². The summed E-state index contributed by atoms with van der Waals surface area (Å²) in [7, 11) is 0. The second kappa shape index (κ2) is 8.05. The number of thiazole rings is 1. The molecular formula is C21H14Cl2N6S2. The van der Waals surface area contributed by atoms with Crippen molar-refractivity contribution in [3.8, 4) is 32.4 Å². The molecule has 31 heavy (non-hydrogen) atoms. The molecule has 0 amide bonds. The maximum Gasteiger partial charge on any atom is 0.182 e. The number of imidazole rings is 1. The van der Waals surface area contributed by atoms with Gasteiger partial charge in [-0.1, -0.05) is 46.7 Å². The highest BCUT2D eigenvalue weighted by molar-refractivity contribution is 7.22. The molecule has 154 valence electrons. The Labute approximate surface area is 195 Å². The average molecular weight is 485 g/mol. The molecule has 0 aliphatic carbocycles. The molecule has 0 atom stereocenters. The van der Waals surface area contributed by atoms with E-state index in [1.54, 1.807) is 23.6 Å². The Kier molecular flexibility index (Phi) is 5.23. The van der Waals surface area contributed by atoms with Gasteiger partial charge in [-0.15, -0.1) is 17.9 Å². The molecule has 6 nitrogen and oxygen atoms in total. The molecule has 0 radical (unpaired) electrons. The van der Waals surface area contributed by atoms with Crippen molar-refractivity contribution in [1.82, 2.24) is 24.5 Å². The predicted octanol–water partition coefficient (Wildman–Crippen LogP) is 6.42. The van der Waals surface area contributed by atoms with Crippen molar-refractivity contribution in [2.24, 2.45) is 0 Å². The van der Waals surface area contributed by atoms with Crippen molar-refractivity contribution in [3.05, 3.63) is 65.7 Å². The number of aromatic nitrogens is 5. The molecule has 2 N–H and O–H groups in total. The highest BCUT2D eigenvalue weighted by Crippen LogP contribution is 2.46. The lowest BCUT2D eigenvalue weighted by molar-refractivity contribution is 0.834. The Balaban J connectivity index is 1.77. The molecule has 0 aliphatic heterocycles. The lowest BCUT2D eigenvalue weighted by Gasteiger charge is -2.08. The SMILES string of the molecule is C=CCn1ccnc1-c1sc(-c2ncnc3sc(N)nc23)cc1-c1ccc(Cl)cc1Cl. The van der Waals surface area contributed by atoms with Gasteiger partial charge in [-0.05, 0) is 18.2 Å². The minimum absolute atomic E-state index is 0.455. The van der Waals surface area contributed by atoms with Crippen molar-refractivity contribution < 1.29 is 0 Å². The van der Waals surface area contributed by atoms with Crippen molar-refractivity contribution in [1.29, 1.82) is 0 Å². The van der Waals surface area contributed by atoms with E-state index < -0.39 is 0 Å². The van der Waals surface area contributed by atoms with Crippen molar-refractivity contribution in [2.75, 3.05) is 5.73 Å². The fourth-order valence-corrected chi connectivity index (χ4v) is 5.70. The summed E-state index contributed by atoms with van der Waals surface area (Å²) in [5, 5.41) is 1.59. The third-order valence-corrected chi connectivity index (χ3v) is 7.12. The minimum atomic E-state index is 0.455. The van der Waals surface area contributed by atoms with Gasteiger partial charge in [0.2, 0.25) is 0 Å². The summed E-state index contributed by atoms with van der Waals surface area (Å²) < 4.78 is 2.03. The summed E-state index contributed by atoms with van der Waals surface area (Å²) in [6.45, 7) is 4.48. The molecule has 0 bridgehead atoms. The van der Waals surface area contributed by atoms with Gasteiger partial charge in [-0.2, -0.15) is 0 Å². The number of hydrogen-bond acceptors (Lipinski definition) is 7. The molecule has 5 aromatic rings. The van der Waals surface area contributed by atoms with Crippen LogP contribution in [0.4, 0.5) is 5.13 Å². The Morgan fingerprint density at radius 2 is 1.97 bits per heavy atom. The standard InChI is InChI=1S/C21H14Cl2N6S2/c1-2-6-29-7-5-25-19(29)18-13(12-4-3-11(22)8-14(12)23)9-15(30-18)16-17-20(27-10-26-16)31-21(24)28-17/h2-5,7-10H,1,6H2,(H2,24,28). The van der Waals surface area contributed by atoms with E-state index in [0.717, 1.165) is 37.2 Å². The zero-order chi connectivity index (χ0) is 21.5. The molecule has 1 aromatic carbocycles.